The predicted molar refractivity (Wildman–Crippen MR) is 79.0 cm³/mol. The number of nitrogens with zero attached hydrogens (tertiary/aromatic N) is 1. The number of rotatable bonds is 5. The summed E-state index contributed by atoms with van der Waals surface area (Å²) in [7, 11) is 1.35. The third-order valence-corrected chi connectivity index (χ3v) is 3.61. The lowest BCUT2D eigenvalue weighted by Gasteiger charge is -2.31. The summed E-state index contributed by atoms with van der Waals surface area (Å²) in [5, 5.41) is 0. The van der Waals surface area contributed by atoms with E-state index in [1.165, 1.54) is 20.0 Å². The Bertz CT molecular complexity index is 420. The van der Waals surface area contributed by atoms with E-state index in [0.29, 0.717) is 5.92 Å². The highest BCUT2D eigenvalue weighted by Gasteiger charge is 2.20. The van der Waals surface area contributed by atoms with Crippen LogP contribution in [0.25, 0.3) is 0 Å². The van der Waals surface area contributed by atoms with E-state index in [0.717, 1.165) is 38.4 Å². The zero-order valence-corrected chi connectivity index (χ0v) is 12.7. The number of hydrogen-bond acceptors (Lipinski definition) is 5. The van der Waals surface area contributed by atoms with Crippen LogP contribution in [-0.4, -0.2) is 37.6 Å². The maximum absolute atomic E-state index is 11.3. The van der Waals surface area contributed by atoms with Gasteiger partial charge in [-0.3, -0.25) is 4.90 Å². The number of piperidine rings is 1. The molecule has 0 saturated carbocycles. The van der Waals surface area contributed by atoms with Crippen molar-refractivity contribution in [3.63, 3.8) is 0 Å². The molecular formula is C14H23ClN2O3. The third-order valence-electron chi connectivity index (χ3n) is 3.61. The first-order valence-electron chi connectivity index (χ1n) is 6.82. The highest BCUT2D eigenvalue weighted by Crippen LogP contribution is 2.21. The summed E-state index contributed by atoms with van der Waals surface area (Å²) in [6.07, 6.45) is 3.55. The maximum Gasteiger partial charge on any atom is 0.373 e. The zero-order valence-electron chi connectivity index (χ0n) is 11.8. The minimum absolute atomic E-state index is 0. The van der Waals surface area contributed by atoms with E-state index in [1.54, 1.807) is 6.07 Å². The molecule has 1 fully saturated rings. The van der Waals surface area contributed by atoms with Gasteiger partial charge in [0, 0.05) is 6.54 Å². The Balaban J connectivity index is 0.00000200. The molecule has 0 radical (unpaired) electrons. The standard InChI is InChI=1S/C14H22N2O3.ClH/c1-18-14(17)13-5-4-12(19-13)10-16-8-2-3-11(9-16)6-7-15;/h4-5,11H,2-3,6-10,15H2,1H3;1H. The minimum Gasteiger partial charge on any atom is -0.463 e. The van der Waals surface area contributed by atoms with Crippen LogP contribution in [-0.2, 0) is 11.3 Å². The molecule has 0 amide bonds. The predicted octanol–water partition coefficient (Wildman–Crippen LogP) is 2.05. The molecule has 1 atom stereocenters. The number of esters is 1. The first-order valence-corrected chi connectivity index (χ1v) is 6.82. The summed E-state index contributed by atoms with van der Waals surface area (Å²) < 4.78 is 10.1. The summed E-state index contributed by atoms with van der Waals surface area (Å²) >= 11 is 0. The minimum atomic E-state index is -0.425. The monoisotopic (exact) mass is 302 g/mol. The molecule has 6 heteroatoms. The molecule has 0 aliphatic carbocycles. The number of ether oxygens (including phenoxy) is 1. The van der Waals surface area contributed by atoms with E-state index < -0.39 is 5.97 Å². The molecule has 20 heavy (non-hydrogen) atoms. The Labute approximate surface area is 125 Å². The van der Waals surface area contributed by atoms with Crippen LogP contribution in [0.2, 0.25) is 0 Å². The van der Waals surface area contributed by atoms with Crippen LogP contribution >= 0.6 is 12.4 Å². The Hall–Kier alpha value is -1.04. The molecule has 1 aromatic rings. The second-order valence-corrected chi connectivity index (χ2v) is 5.08. The van der Waals surface area contributed by atoms with Gasteiger partial charge >= 0.3 is 5.97 Å². The smallest absolute Gasteiger partial charge is 0.373 e. The molecule has 0 aromatic carbocycles. The van der Waals surface area contributed by atoms with E-state index in [-0.39, 0.29) is 18.2 Å². The second-order valence-electron chi connectivity index (χ2n) is 5.08. The molecule has 2 heterocycles. The number of nitrogens with two attached hydrogens (primary N) is 1. The molecule has 5 nitrogen and oxygen atoms in total. The van der Waals surface area contributed by atoms with E-state index in [1.807, 2.05) is 6.07 Å². The molecule has 1 saturated heterocycles. The van der Waals surface area contributed by atoms with Gasteiger partial charge < -0.3 is 14.9 Å². The van der Waals surface area contributed by atoms with Crippen LogP contribution in [0.15, 0.2) is 16.5 Å². The molecule has 2 N–H and O–H groups in total. The van der Waals surface area contributed by atoms with Crippen molar-refractivity contribution in [1.29, 1.82) is 0 Å². The van der Waals surface area contributed by atoms with Crippen LogP contribution in [0.5, 0.6) is 0 Å². The molecular weight excluding hydrogens is 280 g/mol. The topological polar surface area (TPSA) is 68.7 Å². The van der Waals surface area contributed by atoms with Crippen LogP contribution in [0, 0.1) is 5.92 Å². The van der Waals surface area contributed by atoms with Crippen molar-refractivity contribution in [2.24, 2.45) is 11.7 Å². The van der Waals surface area contributed by atoms with E-state index in [2.05, 4.69) is 9.64 Å². The fourth-order valence-corrected chi connectivity index (χ4v) is 2.66. The lowest BCUT2D eigenvalue weighted by atomic mass is 9.95. The van der Waals surface area contributed by atoms with Gasteiger partial charge in [0.15, 0.2) is 0 Å². The summed E-state index contributed by atoms with van der Waals surface area (Å²) in [6, 6.07) is 3.52. The summed E-state index contributed by atoms with van der Waals surface area (Å²) in [6.45, 7) is 3.64. The van der Waals surface area contributed by atoms with Crippen molar-refractivity contribution in [3.05, 3.63) is 23.7 Å². The van der Waals surface area contributed by atoms with Crippen molar-refractivity contribution < 1.29 is 13.9 Å². The number of hydrogen-bond donors (Lipinski definition) is 1. The van der Waals surface area contributed by atoms with Crippen LogP contribution < -0.4 is 5.73 Å². The first kappa shape index (κ1) is 17.0. The molecule has 114 valence electrons. The van der Waals surface area contributed by atoms with Gasteiger partial charge in [0.25, 0.3) is 0 Å². The quantitative estimate of drug-likeness (QED) is 0.843. The van der Waals surface area contributed by atoms with Crippen molar-refractivity contribution in [2.45, 2.75) is 25.8 Å². The Morgan fingerprint density at radius 3 is 3.05 bits per heavy atom. The number of carbonyl (C=O) groups is 1. The van der Waals surface area contributed by atoms with Crippen molar-refractivity contribution >= 4 is 18.4 Å². The molecule has 2 rings (SSSR count). The van der Waals surface area contributed by atoms with Crippen molar-refractivity contribution in [1.82, 2.24) is 4.90 Å². The summed E-state index contributed by atoms with van der Waals surface area (Å²) in [4.78, 5) is 13.7. The molecule has 0 bridgehead atoms. The number of methoxy groups -OCH3 is 1. The van der Waals surface area contributed by atoms with Crippen LogP contribution in [0.1, 0.15) is 35.6 Å². The lowest BCUT2D eigenvalue weighted by Crippen LogP contribution is -2.35. The van der Waals surface area contributed by atoms with Gasteiger partial charge in [0.05, 0.1) is 13.7 Å². The second kappa shape index (κ2) is 8.29. The number of halogens is 1. The van der Waals surface area contributed by atoms with Gasteiger partial charge in [-0.15, -0.1) is 12.4 Å². The van der Waals surface area contributed by atoms with Gasteiger partial charge in [-0.2, -0.15) is 0 Å². The molecule has 1 aromatic heterocycles. The summed E-state index contributed by atoms with van der Waals surface area (Å²) in [5.74, 6) is 1.35. The van der Waals surface area contributed by atoms with Crippen LogP contribution in [0.4, 0.5) is 0 Å². The lowest BCUT2D eigenvalue weighted by molar-refractivity contribution is 0.0559. The van der Waals surface area contributed by atoms with Crippen molar-refractivity contribution in [2.75, 3.05) is 26.7 Å². The van der Waals surface area contributed by atoms with Gasteiger partial charge in [-0.25, -0.2) is 4.79 Å². The fourth-order valence-electron chi connectivity index (χ4n) is 2.66. The Kier molecular flexibility index (Phi) is 7.05. The average Bonchev–Trinajstić information content (AvgIpc) is 2.87. The highest BCUT2D eigenvalue weighted by atomic mass is 35.5. The largest absolute Gasteiger partial charge is 0.463 e. The first-order chi connectivity index (χ1) is 9.22. The van der Waals surface area contributed by atoms with E-state index >= 15 is 0 Å². The average molecular weight is 303 g/mol. The van der Waals surface area contributed by atoms with Gasteiger partial charge in [-0.05, 0) is 50.4 Å². The van der Waals surface area contributed by atoms with Gasteiger partial charge in [0.1, 0.15) is 5.76 Å². The number of furan rings is 1. The normalized spacial score (nSPS) is 19.4. The van der Waals surface area contributed by atoms with Crippen molar-refractivity contribution in [3.8, 4) is 0 Å². The van der Waals surface area contributed by atoms with E-state index in [9.17, 15) is 4.79 Å². The SMILES string of the molecule is COC(=O)c1ccc(CN2CCCC(CCN)C2)o1.Cl. The molecule has 1 unspecified atom stereocenters. The zero-order chi connectivity index (χ0) is 13.7. The Morgan fingerprint density at radius 2 is 2.35 bits per heavy atom. The third kappa shape index (κ3) is 4.51. The number of carbonyl (C=O) groups excluding carboxylic acids is 1. The van der Waals surface area contributed by atoms with Gasteiger partial charge in [0.2, 0.25) is 5.76 Å². The summed E-state index contributed by atoms with van der Waals surface area (Å²) in [5.41, 5.74) is 5.62. The fraction of sp³-hybridized carbons (Fsp3) is 0.643. The molecule has 1 aliphatic heterocycles. The highest BCUT2D eigenvalue weighted by molar-refractivity contribution is 5.86. The van der Waals surface area contributed by atoms with E-state index in [4.69, 9.17) is 10.2 Å². The molecule has 0 spiro atoms. The van der Waals surface area contributed by atoms with Gasteiger partial charge in [-0.1, -0.05) is 0 Å². The number of likely N-dealkylation sites (tertiary alicyclic amines) is 1. The maximum atomic E-state index is 11.3. The molecule has 1 aliphatic rings. The van der Waals surface area contributed by atoms with Crippen LogP contribution in [0.3, 0.4) is 0 Å². The Morgan fingerprint density at radius 1 is 1.55 bits per heavy atom.